The summed E-state index contributed by atoms with van der Waals surface area (Å²) in [4.78, 5) is 27.0. The topological polar surface area (TPSA) is 104 Å². The zero-order valence-corrected chi connectivity index (χ0v) is 28.6. The number of cyclic esters (lactones) is 1. The molecule has 0 saturated heterocycles. The molecule has 252 valence electrons. The summed E-state index contributed by atoms with van der Waals surface area (Å²) in [5.74, 6) is -0.841. The number of esters is 2. The second-order valence-corrected chi connectivity index (χ2v) is 12.2. The van der Waals surface area contributed by atoms with Crippen molar-refractivity contribution < 1.29 is 38.4 Å². The zero-order valence-electron chi connectivity index (χ0n) is 28.6. The number of hydrogen-bond donors (Lipinski definition) is 1. The van der Waals surface area contributed by atoms with E-state index in [4.69, 9.17) is 23.7 Å². The van der Waals surface area contributed by atoms with Crippen LogP contribution in [0.5, 0.6) is 0 Å². The van der Waals surface area contributed by atoms with Gasteiger partial charge in [-0.05, 0) is 70.5 Å². The predicted octanol–water partition coefficient (Wildman–Crippen LogP) is 5.29. The highest BCUT2D eigenvalue weighted by Crippen LogP contribution is 2.27. The molecule has 9 heteroatoms. The van der Waals surface area contributed by atoms with Gasteiger partial charge in [-0.25, -0.2) is 4.79 Å². The third-order valence-corrected chi connectivity index (χ3v) is 8.38. The Morgan fingerprint density at radius 2 is 1.80 bits per heavy atom. The highest BCUT2D eigenvalue weighted by Gasteiger charge is 2.33. The van der Waals surface area contributed by atoms with Gasteiger partial charge < -0.3 is 28.8 Å². The minimum atomic E-state index is -0.710. The molecule has 0 amide bonds. The van der Waals surface area contributed by atoms with Crippen LogP contribution in [0, 0.1) is 17.8 Å². The number of allylic oxidation sites excluding steroid dienone is 3. The Kier molecular flexibility index (Phi) is 20.1. The van der Waals surface area contributed by atoms with Gasteiger partial charge >= 0.3 is 11.9 Å². The maximum absolute atomic E-state index is 13.1. The maximum atomic E-state index is 13.1. The van der Waals surface area contributed by atoms with Crippen LogP contribution >= 0.6 is 0 Å². The summed E-state index contributed by atoms with van der Waals surface area (Å²) in [5, 5.41) is 11.4. The van der Waals surface area contributed by atoms with E-state index in [-0.39, 0.29) is 37.3 Å². The molecule has 0 aromatic carbocycles. The van der Waals surface area contributed by atoms with Crippen LogP contribution in [0.25, 0.3) is 0 Å². The highest BCUT2D eigenvalue weighted by molar-refractivity contribution is 5.82. The van der Waals surface area contributed by atoms with E-state index in [1.807, 2.05) is 32.1 Å². The van der Waals surface area contributed by atoms with Crippen LogP contribution in [-0.4, -0.2) is 101 Å². The van der Waals surface area contributed by atoms with Gasteiger partial charge in [0, 0.05) is 39.7 Å². The summed E-state index contributed by atoms with van der Waals surface area (Å²) >= 11 is 0. The van der Waals surface area contributed by atoms with Crippen LogP contribution in [0.2, 0.25) is 0 Å². The molecular weight excluding hydrogens is 562 g/mol. The second-order valence-electron chi connectivity index (χ2n) is 12.2. The number of likely N-dealkylation sites (N-methyl/N-ethyl adjacent to an activating group) is 1. The summed E-state index contributed by atoms with van der Waals surface area (Å²) in [6, 6.07) is -0.571. The van der Waals surface area contributed by atoms with E-state index in [9.17, 15) is 14.7 Å². The minimum absolute atomic E-state index is 0.00984. The lowest BCUT2D eigenvalue weighted by molar-refractivity contribution is -0.161. The number of methoxy groups -OCH3 is 3. The van der Waals surface area contributed by atoms with Crippen molar-refractivity contribution in [1.82, 2.24) is 4.90 Å². The fourth-order valence-electron chi connectivity index (χ4n) is 5.25. The van der Waals surface area contributed by atoms with E-state index in [1.54, 1.807) is 52.5 Å². The maximum Gasteiger partial charge on any atom is 0.330 e. The number of aliphatic hydroxyl groups is 1. The Bertz CT molecular complexity index is 943. The van der Waals surface area contributed by atoms with Crippen molar-refractivity contribution in [3.8, 4) is 0 Å². The van der Waals surface area contributed by atoms with E-state index in [2.05, 4.69) is 19.9 Å². The molecular formula is C35H59NO8. The smallest absolute Gasteiger partial charge is 0.330 e. The Balaban J connectivity index is 3.20. The van der Waals surface area contributed by atoms with Crippen molar-refractivity contribution >= 4 is 11.9 Å². The quantitative estimate of drug-likeness (QED) is 0.300. The van der Waals surface area contributed by atoms with Crippen molar-refractivity contribution in [2.24, 2.45) is 17.8 Å². The molecule has 0 unspecified atom stereocenters. The standard InChI is InChI=1S/C35H59NO8/c1-25-18-19-26(2)31(42-9)21-20-27(3)34(38)28(4)32(44-35(39)30(24-40-7)36(5)6)16-11-10-12-17-33(37)43-22-14-13-15-29(23-25)41-8/h10-13,15,17,19,25,27-32,34,38H,14,16,18,20-24H2,1-9H3/b11-10+,15-13+,17-12+,26-19+/t25-,27-,28-,29+,30+,31+,32-,34-/m1/s1. The van der Waals surface area contributed by atoms with Gasteiger partial charge in [0.05, 0.1) is 31.5 Å². The normalized spacial score (nSPS) is 33.2. The van der Waals surface area contributed by atoms with Crippen LogP contribution in [0.1, 0.15) is 66.2 Å². The molecule has 8 atom stereocenters. The lowest BCUT2D eigenvalue weighted by Gasteiger charge is -2.33. The van der Waals surface area contributed by atoms with Gasteiger partial charge in [-0.2, -0.15) is 0 Å². The number of aliphatic hydroxyl groups excluding tert-OH is 1. The largest absolute Gasteiger partial charge is 0.462 e. The van der Waals surface area contributed by atoms with Crippen molar-refractivity contribution in [3.63, 3.8) is 0 Å². The highest BCUT2D eigenvalue weighted by atomic mass is 16.6. The molecule has 1 aliphatic rings. The van der Waals surface area contributed by atoms with Crippen molar-refractivity contribution in [3.05, 3.63) is 48.1 Å². The summed E-state index contributed by atoms with van der Waals surface area (Å²) in [6.45, 7) is 8.70. The third kappa shape index (κ3) is 15.1. The number of ether oxygens (including phenoxy) is 5. The molecule has 1 rings (SSSR count). The molecule has 0 fully saturated rings. The molecule has 1 aliphatic heterocycles. The van der Waals surface area contributed by atoms with Crippen LogP contribution in [0.4, 0.5) is 0 Å². The molecule has 9 nitrogen and oxygen atoms in total. The van der Waals surface area contributed by atoms with Crippen molar-refractivity contribution in [2.75, 3.05) is 48.6 Å². The molecule has 0 radical (unpaired) electrons. The van der Waals surface area contributed by atoms with Crippen LogP contribution in [0.15, 0.2) is 48.1 Å². The van der Waals surface area contributed by atoms with Gasteiger partial charge in [-0.3, -0.25) is 9.69 Å². The molecule has 0 bridgehead atoms. The number of rotatable bonds is 7. The SMILES string of the molecule is COC[C@@H](C(=O)O[C@@H]1C/C=C/C=C/C(=O)OCC/C=C/[C@H](OC)C[C@H](C)C/C=C(\C)[C@@H](OC)CC[C@@H](C)[C@@H](O)[C@@H]1C)N(C)C. The second kappa shape index (κ2) is 22.2. The minimum Gasteiger partial charge on any atom is -0.462 e. The average molecular weight is 622 g/mol. The zero-order chi connectivity index (χ0) is 33.1. The Hall–Kier alpha value is -2.30. The average Bonchev–Trinajstić information content (AvgIpc) is 2.99. The monoisotopic (exact) mass is 621 g/mol. The molecule has 0 aliphatic carbocycles. The third-order valence-electron chi connectivity index (χ3n) is 8.38. The molecule has 44 heavy (non-hydrogen) atoms. The first-order valence-corrected chi connectivity index (χ1v) is 15.9. The number of carbonyl (C=O) groups excluding carboxylic acids is 2. The molecule has 1 heterocycles. The predicted molar refractivity (Wildman–Crippen MR) is 174 cm³/mol. The molecule has 0 aromatic heterocycles. The van der Waals surface area contributed by atoms with Gasteiger partial charge in [0.2, 0.25) is 0 Å². The molecule has 0 spiro atoms. The van der Waals surface area contributed by atoms with E-state index in [0.717, 1.165) is 25.7 Å². The lowest BCUT2D eigenvalue weighted by atomic mass is 9.84. The van der Waals surface area contributed by atoms with E-state index in [0.29, 0.717) is 18.8 Å². The van der Waals surface area contributed by atoms with Gasteiger partial charge in [0.25, 0.3) is 0 Å². The Morgan fingerprint density at radius 3 is 2.43 bits per heavy atom. The van der Waals surface area contributed by atoms with Crippen molar-refractivity contribution in [1.29, 1.82) is 0 Å². The lowest BCUT2D eigenvalue weighted by Crippen LogP contribution is -2.44. The summed E-state index contributed by atoms with van der Waals surface area (Å²) in [6.07, 6.45) is 15.7. The Labute approximate surface area is 266 Å². The van der Waals surface area contributed by atoms with Gasteiger partial charge in [-0.1, -0.05) is 57.2 Å². The fourth-order valence-corrected chi connectivity index (χ4v) is 5.25. The first-order chi connectivity index (χ1) is 20.9. The van der Waals surface area contributed by atoms with Gasteiger partial charge in [0.15, 0.2) is 0 Å². The van der Waals surface area contributed by atoms with E-state index in [1.165, 1.54) is 11.6 Å². The molecule has 0 saturated carbocycles. The van der Waals surface area contributed by atoms with E-state index < -0.39 is 30.2 Å². The first kappa shape index (κ1) is 39.7. The summed E-state index contributed by atoms with van der Waals surface area (Å²) in [7, 11) is 8.58. The van der Waals surface area contributed by atoms with E-state index >= 15 is 0 Å². The first-order valence-electron chi connectivity index (χ1n) is 15.9. The summed E-state index contributed by atoms with van der Waals surface area (Å²) < 4.78 is 28.0. The molecule has 0 aromatic rings. The number of hydrogen-bond acceptors (Lipinski definition) is 9. The number of nitrogens with zero attached hydrogens (tertiary/aromatic N) is 1. The van der Waals surface area contributed by atoms with Crippen LogP contribution < -0.4 is 0 Å². The fraction of sp³-hybridized carbons (Fsp3) is 0.714. The van der Waals surface area contributed by atoms with Crippen LogP contribution in [0.3, 0.4) is 0 Å². The van der Waals surface area contributed by atoms with Crippen molar-refractivity contribution in [2.45, 2.75) is 96.7 Å². The number of carbonyl (C=O) groups is 2. The van der Waals surface area contributed by atoms with Crippen LogP contribution in [-0.2, 0) is 33.3 Å². The molecule has 1 N–H and O–H groups in total. The summed E-state index contributed by atoms with van der Waals surface area (Å²) in [5.41, 5.74) is 1.17. The van der Waals surface area contributed by atoms with Gasteiger partial charge in [0.1, 0.15) is 12.1 Å². The van der Waals surface area contributed by atoms with Gasteiger partial charge in [-0.15, -0.1) is 0 Å². The Morgan fingerprint density at radius 1 is 1.07 bits per heavy atom.